The zero-order valence-corrected chi connectivity index (χ0v) is 10.3. The van der Waals surface area contributed by atoms with Crippen LogP contribution in [0.1, 0.15) is 10.4 Å². The third-order valence-electron chi connectivity index (χ3n) is 3.36. The highest BCUT2D eigenvalue weighted by Gasteiger charge is 2.31. The van der Waals surface area contributed by atoms with Gasteiger partial charge in [-0.1, -0.05) is 0 Å². The number of fused-ring (bicyclic) bond motifs is 1. The van der Waals surface area contributed by atoms with Crippen molar-refractivity contribution in [3.63, 3.8) is 0 Å². The lowest BCUT2D eigenvalue weighted by atomic mass is 10.00. The number of anilines is 1. The van der Waals surface area contributed by atoms with E-state index in [-0.39, 0.29) is 30.9 Å². The molecule has 0 spiro atoms. The van der Waals surface area contributed by atoms with Crippen LogP contribution in [0.2, 0.25) is 0 Å². The van der Waals surface area contributed by atoms with Crippen LogP contribution >= 0.6 is 0 Å². The highest BCUT2D eigenvalue weighted by molar-refractivity contribution is 6.00. The molecule has 19 heavy (non-hydrogen) atoms. The molecule has 0 aromatic heterocycles. The molecule has 2 aliphatic heterocycles. The van der Waals surface area contributed by atoms with Crippen LogP contribution in [0.5, 0.6) is 5.75 Å². The second-order valence-electron chi connectivity index (χ2n) is 4.81. The second-order valence-corrected chi connectivity index (χ2v) is 4.81. The summed E-state index contributed by atoms with van der Waals surface area (Å²) < 4.78 is 5.24. The fraction of sp³-hybridized carbons (Fsp3) is 0.385. The Labute approximate surface area is 110 Å². The number of amides is 2. The summed E-state index contributed by atoms with van der Waals surface area (Å²) in [5.74, 6) is 0.450. The summed E-state index contributed by atoms with van der Waals surface area (Å²) >= 11 is 0. The van der Waals surface area contributed by atoms with E-state index in [2.05, 4.69) is 5.32 Å². The fourth-order valence-corrected chi connectivity index (χ4v) is 2.25. The normalized spacial score (nSPS) is 18.2. The number of aliphatic hydroxyl groups is 1. The highest BCUT2D eigenvalue weighted by Crippen LogP contribution is 2.29. The Bertz CT molecular complexity index is 537. The van der Waals surface area contributed by atoms with E-state index in [1.807, 2.05) is 0 Å². The van der Waals surface area contributed by atoms with Crippen molar-refractivity contribution in [3.8, 4) is 5.75 Å². The number of aliphatic hydroxyl groups excluding tert-OH is 1. The van der Waals surface area contributed by atoms with Crippen molar-refractivity contribution in [2.75, 3.05) is 31.6 Å². The molecule has 2 aliphatic rings. The number of carbonyl (C=O) groups is 2. The molecule has 6 heteroatoms. The van der Waals surface area contributed by atoms with E-state index in [9.17, 15) is 9.59 Å². The first-order valence-electron chi connectivity index (χ1n) is 6.14. The van der Waals surface area contributed by atoms with E-state index in [0.717, 1.165) is 0 Å². The maximum Gasteiger partial charge on any atom is 0.262 e. The summed E-state index contributed by atoms with van der Waals surface area (Å²) in [6, 6.07) is 5.00. The Morgan fingerprint density at radius 2 is 2.26 bits per heavy atom. The molecule has 2 amide bonds. The van der Waals surface area contributed by atoms with Crippen LogP contribution in [0.15, 0.2) is 18.2 Å². The number of ether oxygens (including phenoxy) is 1. The number of rotatable bonds is 2. The number of nitrogens with zero attached hydrogens (tertiary/aromatic N) is 1. The summed E-state index contributed by atoms with van der Waals surface area (Å²) in [6.45, 7) is 1.27. The first-order valence-corrected chi connectivity index (χ1v) is 6.14. The lowest BCUT2D eigenvalue weighted by molar-refractivity contribution is -0.118. The summed E-state index contributed by atoms with van der Waals surface area (Å²) in [6.07, 6.45) is 0. The van der Waals surface area contributed by atoms with Gasteiger partial charge >= 0.3 is 0 Å². The number of carbonyl (C=O) groups excluding carboxylic acids is 2. The molecule has 6 nitrogen and oxygen atoms in total. The average molecular weight is 262 g/mol. The topological polar surface area (TPSA) is 78.9 Å². The molecule has 0 unspecified atom stereocenters. The molecule has 2 heterocycles. The lowest BCUT2D eigenvalue weighted by Gasteiger charge is -2.38. The van der Waals surface area contributed by atoms with Crippen LogP contribution in [-0.4, -0.2) is 48.1 Å². The molecule has 0 bridgehead atoms. The van der Waals surface area contributed by atoms with Gasteiger partial charge in [0.05, 0.1) is 5.69 Å². The average Bonchev–Trinajstić information content (AvgIpc) is 2.36. The predicted molar refractivity (Wildman–Crippen MR) is 67.0 cm³/mol. The SMILES string of the molecule is O=C1COc2ccc(C(=O)N3CC(CO)C3)cc2N1. The van der Waals surface area contributed by atoms with Crippen molar-refractivity contribution < 1.29 is 19.4 Å². The van der Waals surface area contributed by atoms with Gasteiger partial charge in [-0.2, -0.15) is 0 Å². The minimum atomic E-state index is -0.221. The van der Waals surface area contributed by atoms with Crippen molar-refractivity contribution in [2.24, 2.45) is 5.92 Å². The van der Waals surface area contributed by atoms with Crippen LogP contribution in [0.3, 0.4) is 0 Å². The van der Waals surface area contributed by atoms with Crippen molar-refractivity contribution >= 4 is 17.5 Å². The Morgan fingerprint density at radius 3 is 3.00 bits per heavy atom. The summed E-state index contributed by atoms with van der Waals surface area (Å²) in [4.78, 5) is 25.1. The van der Waals surface area contributed by atoms with Gasteiger partial charge in [0.15, 0.2) is 6.61 Å². The molecule has 0 saturated carbocycles. The maximum atomic E-state index is 12.1. The van der Waals surface area contributed by atoms with Gasteiger partial charge in [-0.25, -0.2) is 0 Å². The summed E-state index contributed by atoms with van der Waals surface area (Å²) in [5, 5.41) is 11.6. The predicted octanol–water partition coefficient (Wildman–Crippen LogP) is 0.0818. The van der Waals surface area contributed by atoms with Gasteiger partial charge in [-0.15, -0.1) is 0 Å². The van der Waals surface area contributed by atoms with Crippen molar-refractivity contribution in [1.82, 2.24) is 4.90 Å². The van der Waals surface area contributed by atoms with Crippen molar-refractivity contribution in [1.29, 1.82) is 0 Å². The van der Waals surface area contributed by atoms with Gasteiger partial charge in [-0.05, 0) is 18.2 Å². The van der Waals surface area contributed by atoms with E-state index >= 15 is 0 Å². The lowest BCUT2D eigenvalue weighted by Crippen LogP contribution is -2.51. The monoisotopic (exact) mass is 262 g/mol. The van der Waals surface area contributed by atoms with Gasteiger partial charge in [0, 0.05) is 31.2 Å². The Hall–Kier alpha value is -2.08. The van der Waals surface area contributed by atoms with E-state index in [1.54, 1.807) is 23.1 Å². The first kappa shape index (κ1) is 12.0. The maximum absolute atomic E-state index is 12.1. The minimum Gasteiger partial charge on any atom is -0.482 e. The zero-order chi connectivity index (χ0) is 13.4. The van der Waals surface area contributed by atoms with E-state index in [1.165, 1.54) is 0 Å². The number of hydrogen-bond acceptors (Lipinski definition) is 4. The van der Waals surface area contributed by atoms with Crippen LogP contribution in [0, 0.1) is 5.92 Å². The molecule has 1 fully saturated rings. The molecule has 2 N–H and O–H groups in total. The molecule has 1 saturated heterocycles. The van der Waals surface area contributed by atoms with Gasteiger partial charge < -0.3 is 20.1 Å². The molecule has 1 aromatic carbocycles. The molecular formula is C13H14N2O4. The van der Waals surface area contributed by atoms with E-state index < -0.39 is 0 Å². The molecule has 0 radical (unpaired) electrons. The Morgan fingerprint density at radius 1 is 1.47 bits per heavy atom. The fourth-order valence-electron chi connectivity index (χ4n) is 2.25. The van der Waals surface area contributed by atoms with Crippen LogP contribution in [0.4, 0.5) is 5.69 Å². The number of benzene rings is 1. The van der Waals surface area contributed by atoms with Gasteiger partial charge in [-0.3, -0.25) is 9.59 Å². The molecule has 3 rings (SSSR count). The molecule has 1 aromatic rings. The molecule has 0 aliphatic carbocycles. The van der Waals surface area contributed by atoms with E-state index in [4.69, 9.17) is 9.84 Å². The third kappa shape index (κ3) is 2.15. The smallest absolute Gasteiger partial charge is 0.262 e. The molecule has 100 valence electrons. The van der Waals surface area contributed by atoms with E-state index in [0.29, 0.717) is 30.1 Å². The molecular weight excluding hydrogens is 248 g/mol. The van der Waals surface area contributed by atoms with Crippen molar-refractivity contribution in [3.05, 3.63) is 23.8 Å². The summed E-state index contributed by atoms with van der Waals surface area (Å²) in [5.41, 5.74) is 1.04. The van der Waals surface area contributed by atoms with Gasteiger partial charge in [0.2, 0.25) is 0 Å². The third-order valence-corrected chi connectivity index (χ3v) is 3.36. The quantitative estimate of drug-likeness (QED) is 0.791. The van der Waals surface area contributed by atoms with Crippen LogP contribution in [0.25, 0.3) is 0 Å². The zero-order valence-electron chi connectivity index (χ0n) is 10.3. The number of nitrogens with one attached hydrogen (secondary N) is 1. The van der Waals surface area contributed by atoms with Gasteiger partial charge in [0.1, 0.15) is 5.75 Å². The van der Waals surface area contributed by atoms with Gasteiger partial charge in [0.25, 0.3) is 11.8 Å². The van der Waals surface area contributed by atoms with Crippen molar-refractivity contribution in [2.45, 2.75) is 0 Å². The Kier molecular flexibility index (Phi) is 2.87. The Balaban J connectivity index is 1.77. The highest BCUT2D eigenvalue weighted by atomic mass is 16.5. The summed E-state index contributed by atoms with van der Waals surface area (Å²) in [7, 11) is 0. The van der Waals surface area contributed by atoms with Crippen LogP contribution in [-0.2, 0) is 4.79 Å². The van der Waals surface area contributed by atoms with Crippen LogP contribution < -0.4 is 10.1 Å². The number of hydrogen-bond donors (Lipinski definition) is 2. The second kappa shape index (κ2) is 4.55. The standard InChI is InChI=1S/C13H14N2O4/c16-6-8-4-15(5-8)13(18)9-1-2-11-10(3-9)14-12(17)7-19-11/h1-3,8,16H,4-7H2,(H,14,17). The first-order chi connectivity index (χ1) is 9.17. The largest absolute Gasteiger partial charge is 0.482 e. The minimum absolute atomic E-state index is 0.00456. The number of likely N-dealkylation sites (tertiary alicyclic amines) is 1. The molecule has 0 atom stereocenters.